The first-order valence-electron chi connectivity index (χ1n) is 13.6. The van der Waals surface area contributed by atoms with Crippen molar-refractivity contribution < 1.29 is 9.53 Å². The van der Waals surface area contributed by atoms with Crippen molar-refractivity contribution in [3.63, 3.8) is 0 Å². The van der Waals surface area contributed by atoms with E-state index in [1.54, 1.807) is 0 Å². The Balaban J connectivity index is 1.39. The third-order valence-electron chi connectivity index (χ3n) is 7.32. The van der Waals surface area contributed by atoms with Gasteiger partial charge in [0.15, 0.2) is 6.23 Å². The van der Waals surface area contributed by atoms with Crippen molar-refractivity contribution >= 4 is 45.3 Å². The van der Waals surface area contributed by atoms with Crippen LogP contribution in [0.5, 0.6) is 0 Å². The first-order chi connectivity index (χ1) is 19.2. The van der Waals surface area contributed by atoms with Gasteiger partial charge in [-0.2, -0.15) is 5.10 Å². The van der Waals surface area contributed by atoms with Crippen molar-refractivity contribution in [3.05, 3.63) is 107 Å². The number of aromatic nitrogens is 2. The molecule has 3 aromatic carbocycles. The second-order valence-corrected chi connectivity index (χ2v) is 10.7. The standard InChI is InChI=1S/C32H32N4O2S/c1-2-27(23-8-4-3-5-9-23)31(24-14-11-22(12-15-24)13-18-29-34-32(37)39-35-29)25-16-17-28-26(20-25)21-33-36(28)30-10-6-7-19-38-30/h3-5,8-9,11-18,20-21,29-30,35H,2,6-7,10,19H2,1H3,(H,34,37)/b18-13+,31-27+. The summed E-state index contributed by atoms with van der Waals surface area (Å²) in [6.45, 7) is 3.02. The van der Waals surface area contributed by atoms with Crippen molar-refractivity contribution in [1.82, 2.24) is 19.8 Å². The quantitative estimate of drug-likeness (QED) is 0.190. The molecule has 39 heavy (non-hydrogen) atoms. The lowest BCUT2D eigenvalue weighted by Gasteiger charge is -2.23. The smallest absolute Gasteiger partial charge is 0.295 e. The van der Waals surface area contributed by atoms with Gasteiger partial charge in [0.25, 0.3) is 5.24 Å². The maximum atomic E-state index is 11.4. The van der Waals surface area contributed by atoms with Gasteiger partial charge in [0, 0.05) is 23.9 Å². The number of allylic oxidation sites excluding steroid dienone is 1. The minimum atomic E-state index is -0.158. The van der Waals surface area contributed by atoms with Crippen LogP contribution >= 0.6 is 11.9 Å². The highest BCUT2D eigenvalue weighted by molar-refractivity contribution is 8.12. The average Bonchev–Trinajstić information content (AvgIpc) is 3.61. The molecule has 2 fully saturated rings. The van der Waals surface area contributed by atoms with Gasteiger partial charge in [0.05, 0.1) is 11.7 Å². The molecular weight excluding hydrogens is 504 g/mol. The molecule has 2 N–H and O–H groups in total. The number of hydrogen-bond donors (Lipinski definition) is 2. The number of rotatable bonds is 7. The van der Waals surface area contributed by atoms with Crippen LogP contribution in [0.15, 0.2) is 85.1 Å². The first-order valence-corrected chi connectivity index (χ1v) is 14.4. The average molecular weight is 537 g/mol. The van der Waals surface area contributed by atoms with E-state index in [1.165, 1.54) is 28.7 Å². The van der Waals surface area contributed by atoms with Crippen LogP contribution in [0, 0.1) is 0 Å². The largest absolute Gasteiger partial charge is 0.356 e. The number of carbonyl (C=O) groups excluding carboxylic acids is 1. The Morgan fingerprint density at radius 2 is 1.87 bits per heavy atom. The molecule has 2 saturated heterocycles. The molecular formula is C32H32N4O2S. The molecule has 2 aliphatic rings. The highest BCUT2D eigenvalue weighted by atomic mass is 32.2. The van der Waals surface area contributed by atoms with E-state index in [0.717, 1.165) is 59.8 Å². The Labute approximate surface area is 233 Å². The van der Waals surface area contributed by atoms with E-state index in [-0.39, 0.29) is 17.6 Å². The van der Waals surface area contributed by atoms with Crippen LogP contribution in [0.25, 0.3) is 28.1 Å². The third-order valence-corrected chi connectivity index (χ3v) is 8.00. The molecule has 1 aromatic heterocycles. The van der Waals surface area contributed by atoms with E-state index in [1.807, 2.05) is 23.0 Å². The van der Waals surface area contributed by atoms with Gasteiger partial charge >= 0.3 is 0 Å². The Morgan fingerprint density at radius 1 is 1.05 bits per heavy atom. The predicted molar refractivity (Wildman–Crippen MR) is 160 cm³/mol. The summed E-state index contributed by atoms with van der Waals surface area (Å²) in [7, 11) is 0. The Hall–Kier alpha value is -3.65. The van der Waals surface area contributed by atoms with Crippen LogP contribution in [0.1, 0.15) is 61.1 Å². The van der Waals surface area contributed by atoms with Crippen LogP contribution < -0.4 is 10.0 Å². The second kappa shape index (κ2) is 11.6. The summed E-state index contributed by atoms with van der Waals surface area (Å²) in [4.78, 5) is 11.4. The SMILES string of the molecule is CC/C(=C(/c1ccc(/C=C/C2NSC(=O)N2)cc1)c1ccc2c(cnn2C2CCCCO2)c1)c1ccccc1. The van der Waals surface area contributed by atoms with Gasteiger partial charge < -0.3 is 10.1 Å². The topological polar surface area (TPSA) is 68.2 Å². The molecule has 2 atom stereocenters. The van der Waals surface area contributed by atoms with Crippen molar-refractivity contribution in [2.24, 2.45) is 0 Å². The number of amides is 1. The van der Waals surface area contributed by atoms with Crippen LogP contribution in [0.3, 0.4) is 0 Å². The minimum Gasteiger partial charge on any atom is -0.356 e. The van der Waals surface area contributed by atoms with Crippen molar-refractivity contribution in [2.75, 3.05) is 6.61 Å². The molecule has 2 unspecified atom stereocenters. The second-order valence-electron chi connectivity index (χ2n) is 9.87. The van der Waals surface area contributed by atoms with Gasteiger partial charge in [-0.05, 0) is 77.3 Å². The molecule has 1 amide bonds. The lowest BCUT2D eigenvalue weighted by molar-refractivity contribution is -0.0366. The van der Waals surface area contributed by atoms with Gasteiger partial charge in [0.2, 0.25) is 0 Å². The lowest BCUT2D eigenvalue weighted by atomic mass is 9.87. The molecule has 0 spiro atoms. The number of fused-ring (bicyclic) bond motifs is 1. The van der Waals surface area contributed by atoms with Crippen LogP contribution in [0.4, 0.5) is 4.79 Å². The number of benzene rings is 3. The molecule has 4 aromatic rings. The maximum Gasteiger partial charge on any atom is 0.295 e. The molecule has 2 aliphatic heterocycles. The Morgan fingerprint density at radius 3 is 2.59 bits per heavy atom. The van der Waals surface area contributed by atoms with E-state index in [2.05, 4.69) is 89.8 Å². The molecule has 198 valence electrons. The summed E-state index contributed by atoms with van der Waals surface area (Å²) in [5.41, 5.74) is 8.27. The van der Waals surface area contributed by atoms with E-state index < -0.39 is 0 Å². The number of hydrogen-bond acceptors (Lipinski definition) is 5. The Bertz CT molecular complexity index is 1520. The number of nitrogens with zero attached hydrogens (tertiary/aromatic N) is 2. The predicted octanol–water partition coefficient (Wildman–Crippen LogP) is 7.40. The highest BCUT2D eigenvalue weighted by Gasteiger charge is 2.20. The van der Waals surface area contributed by atoms with Crippen LogP contribution in [-0.4, -0.2) is 27.8 Å². The van der Waals surface area contributed by atoms with E-state index in [0.29, 0.717) is 0 Å². The molecule has 0 bridgehead atoms. The maximum absolute atomic E-state index is 11.4. The fourth-order valence-corrected chi connectivity index (χ4v) is 5.95. The summed E-state index contributed by atoms with van der Waals surface area (Å²) in [5, 5.41) is 8.64. The highest BCUT2D eigenvalue weighted by Crippen LogP contribution is 2.36. The zero-order valence-corrected chi connectivity index (χ0v) is 22.8. The van der Waals surface area contributed by atoms with Crippen molar-refractivity contribution in [2.45, 2.75) is 45.0 Å². The minimum absolute atomic E-state index is 0.0135. The van der Waals surface area contributed by atoms with Crippen molar-refractivity contribution in [3.8, 4) is 0 Å². The molecule has 7 heteroatoms. The summed E-state index contributed by atoms with van der Waals surface area (Å²) in [5.74, 6) is 0. The zero-order valence-electron chi connectivity index (χ0n) is 22.0. The van der Waals surface area contributed by atoms with E-state index in [4.69, 9.17) is 9.84 Å². The van der Waals surface area contributed by atoms with Gasteiger partial charge in [-0.1, -0.05) is 73.7 Å². The fourth-order valence-electron chi connectivity index (χ4n) is 5.39. The van der Waals surface area contributed by atoms with E-state index >= 15 is 0 Å². The molecule has 0 aliphatic carbocycles. The number of carbonyl (C=O) groups is 1. The molecule has 0 saturated carbocycles. The van der Waals surface area contributed by atoms with Gasteiger partial charge in [-0.3, -0.25) is 4.79 Å². The zero-order chi connectivity index (χ0) is 26.6. The van der Waals surface area contributed by atoms with Crippen LogP contribution in [-0.2, 0) is 4.74 Å². The van der Waals surface area contributed by atoms with Gasteiger partial charge in [-0.15, -0.1) is 0 Å². The lowest BCUT2D eigenvalue weighted by Crippen LogP contribution is -2.28. The van der Waals surface area contributed by atoms with Crippen LogP contribution in [0.2, 0.25) is 0 Å². The summed E-state index contributed by atoms with van der Waals surface area (Å²) in [6, 6.07) is 25.9. The summed E-state index contributed by atoms with van der Waals surface area (Å²) >= 11 is 1.09. The van der Waals surface area contributed by atoms with Gasteiger partial charge in [0.1, 0.15) is 6.17 Å². The monoisotopic (exact) mass is 536 g/mol. The molecule has 6 rings (SSSR count). The Kier molecular flexibility index (Phi) is 7.63. The number of ether oxygens (including phenoxy) is 1. The number of nitrogens with one attached hydrogen (secondary N) is 2. The van der Waals surface area contributed by atoms with Gasteiger partial charge in [-0.25, -0.2) is 9.40 Å². The molecule has 3 heterocycles. The summed E-state index contributed by atoms with van der Waals surface area (Å²) in [6.07, 6.45) is 10.0. The molecule has 6 nitrogen and oxygen atoms in total. The normalized spacial score (nSPS) is 20.4. The summed E-state index contributed by atoms with van der Waals surface area (Å²) < 4.78 is 11.1. The fraction of sp³-hybridized carbons (Fsp3) is 0.250. The van der Waals surface area contributed by atoms with E-state index in [9.17, 15) is 4.79 Å². The van der Waals surface area contributed by atoms with Crippen molar-refractivity contribution in [1.29, 1.82) is 0 Å². The third kappa shape index (κ3) is 5.57. The first kappa shape index (κ1) is 25.6. The molecule has 0 radical (unpaired) electrons.